The van der Waals surface area contributed by atoms with Crippen molar-refractivity contribution in [2.75, 3.05) is 26.5 Å². The fourth-order valence-electron chi connectivity index (χ4n) is 2.91. The van der Waals surface area contributed by atoms with E-state index < -0.39 is 11.1 Å². The van der Waals surface area contributed by atoms with E-state index in [1.807, 2.05) is 0 Å². The van der Waals surface area contributed by atoms with Crippen LogP contribution < -0.4 is 19.5 Å². The number of rotatable bonds is 7. The molecule has 1 saturated heterocycles. The zero-order chi connectivity index (χ0) is 21.8. The second-order valence-electron chi connectivity index (χ2n) is 6.52. The normalized spacial score (nSPS) is 16.2. The molecule has 8 nitrogen and oxygen atoms in total. The van der Waals surface area contributed by atoms with E-state index in [0.29, 0.717) is 27.2 Å². The van der Waals surface area contributed by atoms with E-state index in [9.17, 15) is 14.4 Å². The summed E-state index contributed by atoms with van der Waals surface area (Å²) in [6.45, 7) is 0.0983. The van der Waals surface area contributed by atoms with Gasteiger partial charge in [-0.2, -0.15) is 0 Å². The van der Waals surface area contributed by atoms with Gasteiger partial charge in [0.25, 0.3) is 17.1 Å². The molecule has 0 atom stereocenters. The Hall–Kier alpha value is -3.17. The topological polar surface area (TPSA) is 94.2 Å². The first-order valence-electron chi connectivity index (χ1n) is 9.30. The summed E-state index contributed by atoms with van der Waals surface area (Å²) >= 11 is 6.82. The van der Waals surface area contributed by atoms with Gasteiger partial charge in [0.15, 0.2) is 18.1 Å². The highest BCUT2D eigenvalue weighted by atomic mass is 35.5. The lowest BCUT2D eigenvalue weighted by Crippen LogP contribution is -2.38. The number of nitrogens with one attached hydrogen (secondary N) is 1. The van der Waals surface area contributed by atoms with Crippen molar-refractivity contribution >= 4 is 46.5 Å². The summed E-state index contributed by atoms with van der Waals surface area (Å²) in [6.07, 6.45) is 1.63. The molecule has 0 aromatic heterocycles. The Balaban J connectivity index is 1.28. The summed E-state index contributed by atoms with van der Waals surface area (Å²) in [4.78, 5) is 38.2. The SMILES string of the molecule is O=C(COc1ccccc1Cl)NCCN1C(=O)S/C(=C/c2ccc3c(c2)OCO3)C1=O. The molecule has 10 heteroatoms. The first-order valence-corrected chi connectivity index (χ1v) is 10.5. The van der Waals surface area contributed by atoms with Gasteiger partial charge >= 0.3 is 0 Å². The molecule has 1 fully saturated rings. The molecule has 0 saturated carbocycles. The van der Waals surface area contributed by atoms with Crippen LogP contribution in [0.5, 0.6) is 17.2 Å². The summed E-state index contributed by atoms with van der Waals surface area (Å²) in [5.74, 6) is 0.838. The van der Waals surface area contributed by atoms with Crippen LogP contribution in [0.3, 0.4) is 0 Å². The van der Waals surface area contributed by atoms with Crippen molar-refractivity contribution in [2.45, 2.75) is 0 Å². The fraction of sp³-hybridized carbons (Fsp3) is 0.190. The van der Waals surface area contributed by atoms with E-state index in [-0.39, 0.29) is 32.4 Å². The molecule has 2 aromatic rings. The van der Waals surface area contributed by atoms with Gasteiger partial charge in [-0.05, 0) is 47.7 Å². The minimum absolute atomic E-state index is 0.0565. The second kappa shape index (κ2) is 9.32. The Morgan fingerprint density at radius 3 is 2.84 bits per heavy atom. The molecule has 160 valence electrons. The van der Waals surface area contributed by atoms with E-state index in [0.717, 1.165) is 22.2 Å². The van der Waals surface area contributed by atoms with Crippen LogP contribution in [-0.4, -0.2) is 48.4 Å². The summed E-state index contributed by atoms with van der Waals surface area (Å²) in [7, 11) is 0. The van der Waals surface area contributed by atoms with Gasteiger partial charge in [-0.15, -0.1) is 0 Å². The Bertz CT molecular complexity index is 1070. The first-order chi connectivity index (χ1) is 15.0. The van der Waals surface area contributed by atoms with Crippen molar-refractivity contribution in [3.63, 3.8) is 0 Å². The van der Waals surface area contributed by atoms with Gasteiger partial charge in [0.2, 0.25) is 6.79 Å². The maximum atomic E-state index is 12.6. The molecule has 1 N–H and O–H groups in total. The highest BCUT2D eigenvalue weighted by molar-refractivity contribution is 8.18. The quantitative estimate of drug-likeness (QED) is 0.633. The molecule has 2 aliphatic heterocycles. The average Bonchev–Trinajstić information content (AvgIpc) is 3.32. The molecule has 0 unspecified atom stereocenters. The van der Waals surface area contributed by atoms with Crippen LogP contribution in [0.1, 0.15) is 5.56 Å². The van der Waals surface area contributed by atoms with Crippen molar-refractivity contribution in [1.29, 1.82) is 0 Å². The van der Waals surface area contributed by atoms with Crippen molar-refractivity contribution in [1.82, 2.24) is 10.2 Å². The first kappa shape index (κ1) is 21.1. The number of carbonyl (C=O) groups is 3. The number of para-hydroxylation sites is 1. The molecule has 3 amide bonds. The van der Waals surface area contributed by atoms with Gasteiger partial charge in [0.1, 0.15) is 5.75 Å². The van der Waals surface area contributed by atoms with E-state index >= 15 is 0 Å². The lowest BCUT2D eigenvalue weighted by molar-refractivity contribution is -0.125. The molecule has 31 heavy (non-hydrogen) atoms. The average molecular weight is 461 g/mol. The van der Waals surface area contributed by atoms with Gasteiger partial charge in [-0.1, -0.05) is 29.8 Å². The summed E-state index contributed by atoms with van der Waals surface area (Å²) in [5.41, 5.74) is 0.722. The van der Waals surface area contributed by atoms with Crippen molar-refractivity contribution in [2.24, 2.45) is 0 Å². The second-order valence-corrected chi connectivity index (χ2v) is 7.92. The maximum Gasteiger partial charge on any atom is 0.293 e. The zero-order valence-corrected chi connectivity index (χ0v) is 17.7. The summed E-state index contributed by atoms with van der Waals surface area (Å²) in [5, 5.41) is 2.64. The molecule has 0 spiro atoms. The molecular weight excluding hydrogens is 444 g/mol. The van der Waals surface area contributed by atoms with Gasteiger partial charge < -0.3 is 19.5 Å². The third kappa shape index (κ3) is 4.95. The van der Waals surface area contributed by atoms with E-state index in [1.54, 1.807) is 48.5 Å². The maximum absolute atomic E-state index is 12.6. The molecule has 2 aromatic carbocycles. The van der Waals surface area contributed by atoms with Gasteiger partial charge in [0.05, 0.1) is 9.93 Å². The fourth-order valence-corrected chi connectivity index (χ4v) is 3.97. The molecular formula is C21H17ClN2O6S. The zero-order valence-electron chi connectivity index (χ0n) is 16.1. The molecule has 0 radical (unpaired) electrons. The lowest BCUT2D eigenvalue weighted by Gasteiger charge is -2.13. The number of hydrogen-bond acceptors (Lipinski definition) is 7. The monoisotopic (exact) mass is 460 g/mol. The minimum Gasteiger partial charge on any atom is -0.482 e. The number of amides is 3. The number of hydrogen-bond donors (Lipinski definition) is 1. The Morgan fingerprint density at radius 2 is 2.00 bits per heavy atom. The lowest BCUT2D eigenvalue weighted by atomic mass is 10.2. The molecule has 2 heterocycles. The van der Waals surface area contributed by atoms with E-state index in [2.05, 4.69) is 5.32 Å². The van der Waals surface area contributed by atoms with E-state index in [1.165, 1.54) is 0 Å². The van der Waals surface area contributed by atoms with Crippen molar-refractivity contribution in [3.8, 4) is 17.2 Å². The molecule has 2 aliphatic rings. The van der Waals surface area contributed by atoms with Crippen molar-refractivity contribution in [3.05, 3.63) is 58.0 Å². The number of halogens is 1. The third-order valence-corrected chi connectivity index (χ3v) is 5.64. The Labute approximate surface area is 187 Å². The number of thioether (sulfide) groups is 1. The van der Waals surface area contributed by atoms with Crippen LogP contribution in [0.4, 0.5) is 4.79 Å². The number of benzene rings is 2. The number of ether oxygens (including phenoxy) is 3. The number of nitrogens with zero attached hydrogens (tertiary/aromatic N) is 1. The van der Waals surface area contributed by atoms with Gasteiger partial charge in [-0.25, -0.2) is 0 Å². The predicted octanol–water partition coefficient (Wildman–Crippen LogP) is 3.30. The highest BCUT2D eigenvalue weighted by Gasteiger charge is 2.34. The van der Waals surface area contributed by atoms with Crippen LogP contribution in [-0.2, 0) is 9.59 Å². The van der Waals surface area contributed by atoms with E-state index in [4.69, 9.17) is 25.8 Å². The van der Waals surface area contributed by atoms with Crippen LogP contribution in [0.2, 0.25) is 5.02 Å². The van der Waals surface area contributed by atoms with Gasteiger partial charge in [0, 0.05) is 13.1 Å². The van der Waals surface area contributed by atoms with Gasteiger partial charge in [-0.3, -0.25) is 19.3 Å². The Kier molecular flexibility index (Phi) is 6.34. The molecule has 4 rings (SSSR count). The number of imide groups is 1. The predicted molar refractivity (Wildman–Crippen MR) is 115 cm³/mol. The van der Waals surface area contributed by atoms with Crippen LogP contribution >= 0.6 is 23.4 Å². The standard InChI is InChI=1S/C21H17ClN2O6S/c22-14-3-1-2-4-15(14)28-11-19(25)23-7-8-24-20(26)18(31-21(24)27)10-13-5-6-16-17(9-13)30-12-29-16/h1-6,9-10H,7-8,11-12H2,(H,23,25)/b18-10+. The molecule has 0 bridgehead atoms. The number of carbonyl (C=O) groups excluding carboxylic acids is 3. The largest absolute Gasteiger partial charge is 0.482 e. The molecule has 0 aliphatic carbocycles. The number of fused-ring (bicyclic) bond motifs is 1. The minimum atomic E-state index is -0.408. The summed E-state index contributed by atoms with van der Waals surface area (Å²) < 4.78 is 15.9. The summed E-state index contributed by atoms with van der Waals surface area (Å²) in [6, 6.07) is 12.1. The third-order valence-electron chi connectivity index (χ3n) is 4.42. The Morgan fingerprint density at radius 1 is 1.19 bits per heavy atom. The van der Waals surface area contributed by atoms with Crippen LogP contribution in [0, 0.1) is 0 Å². The van der Waals surface area contributed by atoms with Crippen LogP contribution in [0.25, 0.3) is 6.08 Å². The highest BCUT2D eigenvalue weighted by Crippen LogP contribution is 2.36. The van der Waals surface area contributed by atoms with Crippen LogP contribution in [0.15, 0.2) is 47.4 Å². The smallest absolute Gasteiger partial charge is 0.293 e. The van der Waals surface area contributed by atoms with Crippen molar-refractivity contribution < 1.29 is 28.6 Å².